The number of alkyl halides is 3. The van der Waals surface area contributed by atoms with E-state index in [4.69, 9.17) is 9.47 Å². The molecular formula is C14H15F3N2O7. The summed E-state index contributed by atoms with van der Waals surface area (Å²) in [7, 11) is 1.24. The second-order valence-electron chi connectivity index (χ2n) is 4.68. The van der Waals surface area contributed by atoms with Crippen molar-refractivity contribution in [2.24, 2.45) is 0 Å². The van der Waals surface area contributed by atoms with Crippen LogP contribution in [0.15, 0.2) is 12.1 Å². The first-order chi connectivity index (χ1) is 12.1. The molecule has 1 amide bonds. The summed E-state index contributed by atoms with van der Waals surface area (Å²) in [6.07, 6.45) is -4.62. The molecule has 0 spiro atoms. The van der Waals surface area contributed by atoms with Gasteiger partial charge in [-0.05, 0) is 6.92 Å². The van der Waals surface area contributed by atoms with E-state index in [1.807, 2.05) is 0 Å². The standard InChI is InChI=1S/C14H15F3N2O7/c1-3-25-11-5-9(19(22)23)8(4-10(11)24-2)13(21)26-6-12(20)18-7-14(15,16)17/h4-5H,3,6-7H2,1-2H3,(H,18,20). The summed E-state index contributed by atoms with van der Waals surface area (Å²) in [6.45, 7) is -0.828. The molecule has 0 atom stereocenters. The van der Waals surface area contributed by atoms with Gasteiger partial charge in [0.15, 0.2) is 18.1 Å². The fourth-order valence-corrected chi connectivity index (χ4v) is 1.75. The minimum atomic E-state index is -4.62. The van der Waals surface area contributed by atoms with Gasteiger partial charge in [-0.1, -0.05) is 0 Å². The highest BCUT2D eigenvalue weighted by Crippen LogP contribution is 2.35. The van der Waals surface area contributed by atoms with Gasteiger partial charge in [0.25, 0.3) is 11.6 Å². The third-order valence-electron chi connectivity index (χ3n) is 2.82. The summed E-state index contributed by atoms with van der Waals surface area (Å²) in [5, 5.41) is 12.6. The molecule has 0 saturated carbocycles. The first kappa shape index (κ1) is 21.0. The lowest BCUT2D eigenvalue weighted by molar-refractivity contribution is -0.385. The molecule has 0 heterocycles. The molecule has 0 fully saturated rings. The lowest BCUT2D eigenvalue weighted by atomic mass is 10.1. The average molecular weight is 380 g/mol. The fourth-order valence-electron chi connectivity index (χ4n) is 1.75. The van der Waals surface area contributed by atoms with Crippen LogP contribution >= 0.6 is 0 Å². The normalized spacial score (nSPS) is 10.8. The topological polar surface area (TPSA) is 117 Å². The molecule has 144 valence electrons. The number of nitro benzene ring substituents is 1. The average Bonchev–Trinajstić information content (AvgIpc) is 2.56. The Morgan fingerprint density at radius 1 is 1.27 bits per heavy atom. The van der Waals surface area contributed by atoms with E-state index < -0.39 is 47.4 Å². The van der Waals surface area contributed by atoms with Crippen LogP contribution < -0.4 is 14.8 Å². The van der Waals surface area contributed by atoms with Crippen LogP contribution in [0.1, 0.15) is 17.3 Å². The summed E-state index contributed by atoms with van der Waals surface area (Å²) in [4.78, 5) is 33.5. The first-order valence-electron chi connectivity index (χ1n) is 7.08. The van der Waals surface area contributed by atoms with Crippen LogP contribution in [0.3, 0.4) is 0 Å². The van der Waals surface area contributed by atoms with E-state index in [0.29, 0.717) is 0 Å². The Kier molecular flexibility index (Phi) is 7.16. The molecule has 0 aliphatic heterocycles. The Hall–Kier alpha value is -3.05. The van der Waals surface area contributed by atoms with Crippen LogP contribution in [0.4, 0.5) is 18.9 Å². The predicted molar refractivity (Wildman–Crippen MR) is 80.2 cm³/mol. The number of carbonyl (C=O) groups excluding carboxylic acids is 2. The molecule has 0 saturated heterocycles. The van der Waals surface area contributed by atoms with Crippen molar-refractivity contribution in [2.45, 2.75) is 13.1 Å². The van der Waals surface area contributed by atoms with Crippen molar-refractivity contribution < 1.29 is 41.9 Å². The number of carbonyl (C=O) groups is 2. The van der Waals surface area contributed by atoms with E-state index in [9.17, 15) is 32.9 Å². The lowest BCUT2D eigenvalue weighted by Crippen LogP contribution is -2.36. The molecule has 12 heteroatoms. The number of benzene rings is 1. The van der Waals surface area contributed by atoms with Gasteiger partial charge in [-0.2, -0.15) is 13.2 Å². The number of amides is 1. The van der Waals surface area contributed by atoms with E-state index in [1.54, 1.807) is 6.92 Å². The molecule has 0 aliphatic rings. The summed E-state index contributed by atoms with van der Waals surface area (Å²) in [5.74, 6) is -2.47. The van der Waals surface area contributed by atoms with Gasteiger partial charge in [0.1, 0.15) is 12.1 Å². The maximum Gasteiger partial charge on any atom is 0.405 e. The molecule has 1 aromatic rings. The molecule has 1 N–H and O–H groups in total. The smallest absolute Gasteiger partial charge is 0.405 e. The van der Waals surface area contributed by atoms with Gasteiger partial charge in [-0.15, -0.1) is 0 Å². The van der Waals surface area contributed by atoms with Crippen molar-refractivity contribution in [1.82, 2.24) is 5.32 Å². The summed E-state index contributed by atoms with van der Waals surface area (Å²) in [6, 6.07) is 1.93. The third kappa shape index (κ3) is 6.11. The van der Waals surface area contributed by atoms with Gasteiger partial charge >= 0.3 is 12.1 Å². The molecule has 0 aromatic heterocycles. The lowest BCUT2D eigenvalue weighted by Gasteiger charge is -2.12. The molecule has 1 rings (SSSR count). The number of hydrogen-bond donors (Lipinski definition) is 1. The monoisotopic (exact) mass is 380 g/mol. The number of nitrogens with one attached hydrogen (secondary N) is 1. The molecule has 0 unspecified atom stereocenters. The molecule has 1 aromatic carbocycles. The summed E-state index contributed by atoms with van der Waals surface area (Å²) < 4.78 is 50.6. The van der Waals surface area contributed by atoms with Crippen molar-refractivity contribution in [3.05, 3.63) is 27.8 Å². The van der Waals surface area contributed by atoms with Gasteiger partial charge in [-0.25, -0.2) is 4.79 Å². The summed E-state index contributed by atoms with van der Waals surface area (Å²) in [5.41, 5.74) is -1.21. The van der Waals surface area contributed by atoms with Crippen LogP contribution in [0.25, 0.3) is 0 Å². The Bertz CT molecular complexity index is 692. The van der Waals surface area contributed by atoms with E-state index in [2.05, 4.69) is 4.74 Å². The van der Waals surface area contributed by atoms with E-state index in [1.165, 1.54) is 12.4 Å². The van der Waals surface area contributed by atoms with Crippen molar-refractivity contribution in [1.29, 1.82) is 0 Å². The quantitative estimate of drug-likeness (QED) is 0.415. The SMILES string of the molecule is CCOc1cc([N+](=O)[O-])c(C(=O)OCC(=O)NCC(F)(F)F)cc1OC. The second kappa shape index (κ2) is 8.87. The van der Waals surface area contributed by atoms with Crippen LogP contribution in [0.2, 0.25) is 0 Å². The molecule has 9 nitrogen and oxygen atoms in total. The summed E-state index contributed by atoms with van der Waals surface area (Å²) >= 11 is 0. The highest BCUT2D eigenvalue weighted by atomic mass is 19.4. The molecule has 26 heavy (non-hydrogen) atoms. The first-order valence-corrected chi connectivity index (χ1v) is 7.08. The van der Waals surface area contributed by atoms with Crippen LogP contribution in [-0.4, -0.2) is 49.8 Å². The second-order valence-corrected chi connectivity index (χ2v) is 4.68. The molecule has 0 bridgehead atoms. The van der Waals surface area contributed by atoms with Gasteiger partial charge in [0, 0.05) is 6.07 Å². The molecule has 0 aliphatic carbocycles. The predicted octanol–water partition coefficient (Wildman–Crippen LogP) is 1.84. The van der Waals surface area contributed by atoms with E-state index in [-0.39, 0.29) is 18.1 Å². The number of rotatable bonds is 8. The number of hydrogen-bond acceptors (Lipinski definition) is 7. The zero-order valence-corrected chi connectivity index (χ0v) is 13.7. The van der Waals surface area contributed by atoms with Crippen molar-refractivity contribution in [3.63, 3.8) is 0 Å². The highest BCUT2D eigenvalue weighted by molar-refractivity contribution is 5.96. The van der Waals surface area contributed by atoms with Crippen LogP contribution in [-0.2, 0) is 9.53 Å². The number of esters is 1. The maximum absolute atomic E-state index is 12.0. The highest BCUT2D eigenvalue weighted by Gasteiger charge is 2.29. The molecular weight excluding hydrogens is 365 g/mol. The van der Waals surface area contributed by atoms with Crippen LogP contribution in [0, 0.1) is 10.1 Å². The Labute approximate surface area is 145 Å². The third-order valence-corrected chi connectivity index (χ3v) is 2.82. The Morgan fingerprint density at radius 2 is 1.92 bits per heavy atom. The van der Waals surface area contributed by atoms with Crippen molar-refractivity contribution in [2.75, 3.05) is 26.9 Å². The van der Waals surface area contributed by atoms with Crippen LogP contribution in [0.5, 0.6) is 11.5 Å². The zero-order valence-electron chi connectivity index (χ0n) is 13.7. The largest absolute Gasteiger partial charge is 0.493 e. The minimum Gasteiger partial charge on any atom is -0.493 e. The number of halogens is 3. The Morgan fingerprint density at radius 3 is 2.42 bits per heavy atom. The number of nitro groups is 1. The van der Waals surface area contributed by atoms with Crippen molar-refractivity contribution in [3.8, 4) is 11.5 Å². The van der Waals surface area contributed by atoms with E-state index >= 15 is 0 Å². The van der Waals surface area contributed by atoms with E-state index in [0.717, 1.165) is 12.1 Å². The van der Waals surface area contributed by atoms with Gasteiger partial charge in [0.2, 0.25) is 0 Å². The Balaban J connectivity index is 2.93. The minimum absolute atomic E-state index is 0.00548. The number of ether oxygens (including phenoxy) is 3. The van der Waals surface area contributed by atoms with Gasteiger partial charge < -0.3 is 19.5 Å². The van der Waals surface area contributed by atoms with Crippen molar-refractivity contribution >= 4 is 17.6 Å². The fraction of sp³-hybridized carbons (Fsp3) is 0.429. The number of nitrogens with zero attached hydrogens (tertiary/aromatic N) is 1. The van der Waals surface area contributed by atoms with Gasteiger partial charge in [0.05, 0.1) is 24.7 Å². The maximum atomic E-state index is 12.0. The van der Waals surface area contributed by atoms with Gasteiger partial charge in [-0.3, -0.25) is 14.9 Å². The number of methoxy groups -OCH3 is 1. The zero-order chi connectivity index (χ0) is 19.9. The molecule has 0 radical (unpaired) electrons.